The van der Waals surface area contributed by atoms with Gasteiger partial charge in [-0.15, -0.1) is 0 Å². The van der Waals surface area contributed by atoms with Crippen molar-refractivity contribution in [2.45, 2.75) is 56.4 Å². The average Bonchev–Trinajstić information content (AvgIpc) is 3.43. The van der Waals surface area contributed by atoms with Crippen molar-refractivity contribution in [2.24, 2.45) is 5.92 Å². The van der Waals surface area contributed by atoms with Gasteiger partial charge in [-0.05, 0) is 56.4 Å². The van der Waals surface area contributed by atoms with Crippen LogP contribution in [0.2, 0.25) is 0 Å². The number of nitrogens with one attached hydrogen (secondary N) is 1. The van der Waals surface area contributed by atoms with Crippen molar-refractivity contribution in [2.75, 3.05) is 25.5 Å². The highest BCUT2D eigenvalue weighted by Gasteiger charge is 2.26. The molecule has 0 bridgehead atoms. The van der Waals surface area contributed by atoms with Crippen molar-refractivity contribution in [1.29, 1.82) is 0 Å². The molecule has 2 fully saturated rings. The number of aromatic nitrogens is 1. The molecule has 2 heterocycles. The molecule has 9 heteroatoms. The van der Waals surface area contributed by atoms with E-state index in [4.69, 9.17) is 4.74 Å². The average molecular weight is 464 g/mol. The minimum atomic E-state index is -1.38. The number of anilines is 1. The predicted octanol–water partition coefficient (Wildman–Crippen LogP) is 3.74. The van der Waals surface area contributed by atoms with Crippen LogP contribution in [0.25, 0.3) is 10.4 Å². The van der Waals surface area contributed by atoms with Crippen LogP contribution < -0.4 is 10.1 Å². The number of amides is 1. The number of rotatable bonds is 6. The van der Waals surface area contributed by atoms with Gasteiger partial charge in [-0.1, -0.05) is 24.2 Å². The first-order chi connectivity index (χ1) is 15.0. The van der Waals surface area contributed by atoms with Gasteiger partial charge in [0.1, 0.15) is 16.7 Å². The lowest BCUT2D eigenvalue weighted by molar-refractivity contribution is -0.119. The molecule has 7 nitrogen and oxygen atoms in total. The Balaban J connectivity index is 1.57. The molecular formula is C22H29N3O4S2. The lowest BCUT2D eigenvalue weighted by atomic mass is 10.1. The van der Waals surface area contributed by atoms with Gasteiger partial charge in [0.15, 0.2) is 5.13 Å². The van der Waals surface area contributed by atoms with E-state index in [2.05, 4.69) is 10.3 Å². The Morgan fingerprint density at radius 3 is 2.65 bits per heavy atom. The van der Waals surface area contributed by atoms with Crippen LogP contribution in [0.5, 0.6) is 5.75 Å². The van der Waals surface area contributed by atoms with Crippen LogP contribution in [-0.4, -0.2) is 50.8 Å². The van der Waals surface area contributed by atoms with Crippen LogP contribution in [0.4, 0.5) is 5.13 Å². The molecule has 1 amide bonds. The third kappa shape index (κ3) is 5.00. The Morgan fingerprint density at radius 2 is 1.97 bits per heavy atom. The molecule has 0 spiro atoms. The van der Waals surface area contributed by atoms with E-state index in [0.717, 1.165) is 41.8 Å². The third-order valence-corrected chi connectivity index (χ3v) is 8.68. The van der Waals surface area contributed by atoms with E-state index in [9.17, 15) is 14.1 Å². The molecule has 1 unspecified atom stereocenters. The van der Waals surface area contributed by atoms with Gasteiger partial charge in [0.05, 0.1) is 28.7 Å². The summed E-state index contributed by atoms with van der Waals surface area (Å²) in [5, 5.41) is 13.3. The summed E-state index contributed by atoms with van der Waals surface area (Å²) >= 11 is 1.44. The fraction of sp³-hybridized carbons (Fsp3) is 0.545. The first kappa shape index (κ1) is 22.4. The minimum absolute atomic E-state index is 0.0570. The number of piperidine rings is 1. The molecule has 2 aliphatic rings. The number of hydrogen-bond acceptors (Lipinski definition) is 6. The van der Waals surface area contributed by atoms with E-state index in [1.54, 1.807) is 7.11 Å². The standard InChI is InChI=1S/C22H29N3O4S2/c1-14-20(30-22(23-14)24-21(27)15-5-3-4-6-15)16-7-8-18(29-2)19(13-16)31(28)25-11-9-17(26)10-12-25/h7-8,13,15,17,26H,3-6,9-12H2,1-2H3,(H,23,24,27). The zero-order chi connectivity index (χ0) is 22.0. The summed E-state index contributed by atoms with van der Waals surface area (Å²) < 4.78 is 20.6. The monoisotopic (exact) mass is 463 g/mol. The highest BCUT2D eigenvalue weighted by Crippen LogP contribution is 2.37. The molecule has 1 atom stereocenters. The van der Waals surface area contributed by atoms with Crippen LogP contribution >= 0.6 is 11.3 Å². The molecule has 2 N–H and O–H groups in total. The summed E-state index contributed by atoms with van der Waals surface area (Å²) in [6, 6.07) is 5.66. The Labute approximate surface area is 189 Å². The Bertz CT molecular complexity index is 964. The first-order valence-corrected chi connectivity index (χ1v) is 12.7. The summed E-state index contributed by atoms with van der Waals surface area (Å²) in [5.74, 6) is 0.720. The van der Waals surface area contributed by atoms with Crippen molar-refractivity contribution in [1.82, 2.24) is 9.29 Å². The summed E-state index contributed by atoms with van der Waals surface area (Å²) in [5.41, 5.74) is 1.73. The van der Waals surface area contributed by atoms with Crippen molar-refractivity contribution in [3.8, 4) is 16.2 Å². The number of nitrogens with zero attached hydrogens (tertiary/aromatic N) is 2. The fourth-order valence-corrected chi connectivity index (χ4v) is 6.55. The number of carbonyl (C=O) groups is 1. The quantitative estimate of drug-likeness (QED) is 0.681. The maximum Gasteiger partial charge on any atom is 0.229 e. The number of benzene rings is 1. The molecule has 1 aromatic heterocycles. The highest BCUT2D eigenvalue weighted by atomic mass is 32.2. The Kier molecular flexibility index (Phi) is 7.05. The maximum atomic E-state index is 13.3. The maximum absolute atomic E-state index is 13.3. The van der Waals surface area contributed by atoms with E-state index >= 15 is 0 Å². The molecule has 1 aliphatic carbocycles. The number of aryl methyl sites for hydroxylation is 1. The number of hydrogen-bond donors (Lipinski definition) is 2. The topological polar surface area (TPSA) is 91.8 Å². The van der Waals surface area contributed by atoms with Crippen LogP contribution in [0.1, 0.15) is 44.2 Å². The van der Waals surface area contributed by atoms with Crippen LogP contribution in [0, 0.1) is 12.8 Å². The second kappa shape index (κ2) is 9.77. The van der Waals surface area contributed by atoms with Gasteiger partial charge in [0.2, 0.25) is 5.91 Å². The number of methoxy groups -OCH3 is 1. The SMILES string of the molecule is COc1ccc(-c2sc(NC(=O)C3CCCC3)nc2C)cc1S(=O)N1CCC(O)CC1. The van der Waals surface area contributed by atoms with E-state index in [1.807, 2.05) is 29.4 Å². The molecule has 31 heavy (non-hydrogen) atoms. The molecular weight excluding hydrogens is 434 g/mol. The Morgan fingerprint density at radius 1 is 1.26 bits per heavy atom. The molecule has 168 valence electrons. The molecule has 1 saturated heterocycles. The number of ether oxygens (including phenoxy) is 1. The number of carbonyl (C=O) groups excluding carboxylic acids is 1. The van der Waals surface area contributed by atoms with Gasteiger partial charge in [0, 0.05) is 19.0 Å². The summed E-state index contributed by atoms with van der Waals surface area (Å²) in [4.78, 5) is 18.6. The molecule has 1 saturated carbocycles. The van der Waals surface area contributed by atoms with Gasteiger partial charge in [-0.25, -0.2) is 13.5 Å². The van der Waals surface area contributed by atoms with Crippen LogP contribution in [0.3, 0.4) is 0 Å². The Hall–Kier alpha value is -1.81. The van der Waals surface area contributed by atoms with Crippen molar-refractivity contribution in [3.63, 3.8) is 0 Å². The predicted molar refractivity (Wildman–Crippen MR) is 123 cm³/mol. The molecule has 1 aromatic carbocycles. The van der Waals surface area contributed by atoms with Gasteiger partial charge >= 0.3 is 0 Å². The smallest absolute Gasteiger partial charge is 0.229 e. The molecule has 2 aromatic rings. The lowest BCUT2D eigenvalue weighted by Crippen LogP contribution is -2.37. The van der Waals surface area contributed by atoms with Crippen molar-refractivity contribution < 1.29 is 18.8 Å². The van der Waals surface area contributed by atoms with Gasteiger partial charge in [0.25, 0.3) is 0 Å². The normalized spacial score (nSPS) is 19.5. The molecule has 0 radical (unpaired) electrons. The van der Waals surface area contributed by atoms with Gasteiger partial charge in [-0.3, -0.25) is 4.79 Å². The fourth-order valence-electron chi connectivity index (χ4n) is 4.21. The summed E-state index contributed by atoms with van der Waals surface area (Å²) in [6.07, 6.45) is 5.04. The van der Waals surface area contributed by atoms with Crippen LogP contribution in [-0.2, 0) is 15.8 Å². The van der Waals surface area contributed by atoms with Crippen molar-refractivity contribution >= 4 is 33.4 Å². The van der Waals surface area contributed by atoms with E-state index < -0.39 is 11.0 Å². The largest absolute Gasteiger partial charge is 0.495 e. The number of thiazole rings is 1. The first-order valence-electron chi connectivity index (χ1n) is 10.8. The highest BCUT2D eigenvalue weighted by molar-refractivity contribution is 7.82. The second-order valence-electron chi connectivity index (χ2n) is 8.18. The zero-order valence-corrected chi connectivity index (χ0v) is 19.6. The minimum Gasteiger partial charge on any atom is -0.495 e. The molecule has 4 rings (SSSR count). The summed E-state index contributed by atoms with van der Waals surface area (Å²) in [6.45, 7) is 3.08. The molecule has 1 aliphatic heterocycles. The summed E-state index contributed by atoms with van der Waals surface area (Å²) in [7, 11) is 0.194. The third-order valence-electron chi connectivity index (χ3n) is 6.02. The van der Waals surface area contributed by atoms with E-state index in [-0.39, 0.29) is 17.9 Å². The number of aliphatic hydroxyl groups is 1. The van der Waals surface area contributed by atoms with E-state index in [1.165, 1.54) is 11.3 Å². The lowest BCUT2D eigenvalue weighted by Gasteiger charge is -2.28. The van der Waals surface area contributed by atoms with Gasteiger partial charge < -0.3 is 15.2 Å². The van der Waals surface area contributed by atoms with E-state index in [0.29, 0.717) is 41.7 Å². The second-order valence-corrected chi connectivity index (χ2v) is 10.6. The van der Waals surface area contributed by atoms with Gasteiger partial charge in [-0.2, -0.15) is 0 Å². The van der Waals surface area contributed by atoms with Crippen LogP contribution in [0.15, 0.2) is 23.1 Å². The number of aliphatic hydroxyl groups excluding tert-OH is 1. The zero-order valence-electron chi connectivity index (χ0n) is 17.9. The van der Waals surface area contributed by atoms with Crippen molar-refractivity contribution in [3.05, 3.63) is 23.9 Å².